The Balaban J connectivity index is 2.06. The van der Waals surface area contributed by atoms with E-state index in [1.54, 1.807) is 0 Å². The summed E-state index contributed by atoms with van der Waals surface area (Å²) in [6, 6.07) is 0. The van der Waals surface area contributed by atoms with Crippen molar-refractivity contribution in [2.75, 3.05) is 0 Å². The van der Waals surface area contributed by atoms with Crippen molar-refractivity contribution in [3.63, 3.8) is 0 Å². The van der Waals surface area contributed by atoms with E-state index in [1.165, 1.54) is 57.8 Å². The monoisotopic (exact) mass is 346 g/mol. The number of carboxylic acid groups (broad SMARTS) is 1. The predicted octanol–water partition coefficient (Wildman–Crippen LogP) is 7.08. The number of allylic oxidation sites excluding steroid dienone is 6. The van der Waals surface area contributed by atoms with E-state index in [4.69, 9.17) is 5.11 Å². The normalized spacial score (nSPS) is 16.4. The molecule has 1 atom stereocenters. The molecule has 1 fully saturated rings. The van der Waals surface area contributed by atoms with Gasteiger partial charge in [0.05, 0.1) is 0 Å². The van der Waals surface area contributed by atoms with E-state index in [2.05, 4.69) is 43.4 Å². The van der Waals surface area contributed by atoms with Gasteiger partial charge in [-0.2, -0.15) is 0 Å². The first-order valence-electron chi connectivity index (χ1n) is 10.4. The summed E-state index contributed by atoms with van der Waals surface area (Å²) >= 11 is 0. The summed E-state index contributed by atoms with van der Waals surface area (Å²) in [5.41, 5.74) is 0. The SMILES string of the molecule is CCCCC/C=C\CC(CC/C=C\C/C=C\CCCC(=O)O)C1CC1. The summed E-state index contributed by atoms with van der Waals surface area (Å²) in [5, 5.41) is 8.56. The van der Waals surface area contributed by atoms with Gasteiger partial charge in [0.25, 0.3) is 0 Å². The molecule has 2 heteroatoms. The first kappa shape index (κ1) is 21.7. The van der Waals surface area contributed by atoms with Gasteiger partial charge in [0, 0.05) is 6.42 Å². The predicted molar refractivity (Wildman–Crippen MR) is 108 cm³/mol. The zero-order chi connectivity index (χ0) is 18.2. The second kappa shape index (κ2) is 15.0. The van der Waals surface area contributed by atoms with Crippen LogP contribution in [0.1, 0.15) is 90.4 Å². The number of hydrogen-bond acceptors (Lipinski definition) is 1. The van der Waals surface area contributed by atoms with Crippen LogP contribution >= 0.6 is 0 Å². The summed E-state index contributed by atoms with van der Waals surface area (Å²) in [6.45, 7) is 2.26. The Kier molecular flexibility index (Phi) is 13.0. The molecular formula is C23H38O2. The fourth-order valence-corrected chi connectivity index (χ4v) is 3.20. The van der Waals surface area contributed by atoms with E-state index < -0.39 is 5.97 Å². The van der Waals surface area contributed by atoms with Gasteiger partial charge in [-0.25, -0.2) is 0 Å². The second-order valence-corrected chi connectivity index (χ2v) is 7.34. The van der Waals surface area contributed by atoms with Crippen LogP contribution in [0.5, 0.6) is 0 Å². The molecule has 1 aliphatic rings. The Bertz CT molecular complexity index is 416. The highest BCUT2D eigenvalue weighted by molar-refractivity contribution is 5.66. The van der Waals surface area contributed by atoms with E-state index in [9.17, 15) is 4.79 Å². The lowest BCUT2D eigenvalue weighted by atomic mass is 9.93. The lowest BCUT2D eigenvalue weighted by molar-refractivity contribution is -0.137. The average Bonchev–Trinajstić information content (AvgIpc) is 3.42. The molecule has 0 heterocycles. The maximum atomic E-state index is 10.4. The van der Waals surface area contributed by atoms with Crippen LogP contribution in [0.3, 0.4) is 0 Å². The summed E-state index contributed by atoms with van der Waals surface area (Å²) in [7, 11) is 0. The lowest BCUT2D eigenvalue weighted by Gasteiger charge is -2.12. The molecule has 1 unspecified atom stereocenters. The molecule has 0 bridgehead atoms. The van der Waals surface area contributed by atoms with Crippen LogP contribution in [-0.4, -0.2) is 11.1 Å². The first-order chi connectivity index (χ1) is 12.2. The molecule has 0 amide bonds. The molecule has 1 saturated carbocycles. The van der Waals surface area contributed by atoms with Crippen LogP contribution < -0.4 is 0 Å². The van der Waals surface area contributed by atoms with Crippen molar-refractivity contribution in [2.45, 2.75) is 90.4 Å². The van der Waals surface area contributed by atoms with E-state index in [0.29, 0.717) is 0 Å². The van der Waals surface area contributed by atoms with Gasteiger partial charge in [-0.1, -0.05) is 56.2 Å². The van der Waals surface area contributed by atoms with E-state index >= 15 is 0 Å². The van der Waals surface area contributed by atoms with Crippen molar-refractivity contribution in [2.24, 2.45) is 11.8 Å². The number of hydrogen-bond donors (Lipinski definition) is 1. The highest BCUT2D eigenvalue weighted by Gasteiger charge is 2.29. The Labute approximate surface area is 155 Å². The minimum absolute atomic E-state index is 0.274. The second-order valence-electron chi connectivity index (χ2n) is 7.34. The standard InChI is InChI=1S/C23H38O2/c1-2-3-4-5-10-13-16-21(22-19-20-22)17-14-11-8-6-7-9-12-15-18-23(24)25/h7-11,13,21-22H,2-6,12,14-20H2,1H3,(H,24,25)/b9-7-,11-8-,13-10-. The van der Waals surface area contributed by atoms with Gasteiger partial charge in [-0.3, -0.25) is 4.79 Å². The molecule has 25 heavy (non-hydrogen) atoms. The quantitative estimate of drug-likeness (QED) is 0.239. The molecule has 0 aromatic carbocycles. The topological polar surface area (TPSA) is 37.3 Å². The third kappa shape index (κ3) is 13.6. The Hall–Kier alpha value is -1.31. The van der Waals surface area contributed by atoms with Crippen LogP contribution in [0, 0.1) is 11.8 Å². The van der Waals surface area contributed by atoms with Crippen LogP contribution in [-0.2, 0) is 4.79 Å². The number of carbonyl (C=O) groups is 1. The van der Waals surface area contributed by atoms with Crippen molar-refractivity contribution in [3.05, 3.63) is 36.5 Å². The summed E-state index contributed by atoms with van der Waals surface area (Å²) in [6.07, 6.45) is 28.4. The van der Waals surface area contributed by atoms with Crippen LogP contribution in [0.25, 0.3) is 0 Å². The van der Waals surface area contributed by atoms with Crippen LogP contribution in [0.2, 0.25) is 0 Å². The molecule has 0 aromatic heterocycles. The molecule has 1 aliphatic carbocycles. The molecule has 1 rings (SSSR count). The van der Waals surface area contributed by atoms with Gasteiger partial charge < -0.3 is 5.11 Å². The first-order valence-corrected chi connectivity index (χ1v) is 10.4. The molecule has 0 radical (unpaired) electrons. The van der Waals surface area contributed by atoms with E-state index in [1.807, 2.05) is 0 Å². The Morgan fingerprint density at radius 1 is 0.960 bits per heavy atom. The minimum atomic E-state index is -0.700. The maximum Gasteiger partial charge on any atom is 0.303 e. The van der Waals surface area contributed by atoms with E-state index in [0.717, 1.165) is 31.1 Å². The van der Waals surface area contributed by atoms with Gasteiger partial charge >= 0.3 is 5.97 Å². The van der Waals surface area contributed by atoms with Crippen molar-refractivity contribution >= 4 is 5.97 Å². The molecule has 1 N–H and O–H groups in total. The fourth-order valence-electron chi connectivity index (χ4n) is 3.20. The molecule has 0 aromatic rings. The van der Waals surface area contributed by atoms with Gasteiger partial charge in [0.15, 0.2) is 0 Å². The Morgan fingerprint density at radius 3 is 2.32 bits per heavy atom. The van der Waals surface area contributed by atoms with Gasteiger partial charge in [-0.15, -0.1) is 0 Å². The minimum Gasteiger partial charge on any atom is -0.481 e. The van der Waals surface area contributed by atoms with Gasteiger partial charge in [0.2, 0.25) is 0 Å². The number of rotatable bonds is 16. The van der Waals surface area contributed by atoms with Gasteiger partial charge in [0.1, 0.15) is 0 Å². The van der Waals surface area contributed by atoms with Gasteiger partial charge in [-0.05, 0) is 76.0 Å². The van der Waals surface area contributed by atoms with Crippen LogP contribution in [0.4, 0.5) is 0 Å². The summed E-state index contributed by atoms with van der Waals surface area (Å²) in [4.78, 5) is 10.4. The molecule has 0 saturated heterocycles. The zero-order valence-electron chi connectivity index (χ0n) is 16.2. The summed E-state index contributed by atoms with van der Waals surface area (Å²) < 4.78 is 0. The number of unbranched alkanes of at least 4 members (excludes halogenated alkanes) is 4. The van der Waals surface area contributed by atoms with Crippen molar-refractivity contribution in [1.82, 2.24) is 0 Å². The number of carboxylic acids is 1. The molecular weight excluding hydrogens is 308 g/mol. The highest BCUT2D eigenvalue weighted by atomic mass is 16.4. The largest absolute Gasteiger partial charge is 0.481 e. The lowest BCUT2D eigenvalue weighted by Crippen LogP contribution is -2.01. The van der Waals surface area contributed by atoms with Crippen molar-refractivity contribution in [3.8, 4) is 0 Å². The summed E-state index contributed by atoms with van der Waals surface area (Å²) in [5.74, 6) is 1.18. The Morgan fingerprint density at radius 2 is 1.64 bits per heavy atom. The van der Waals surface area contributed by atoms with E-state index in [-0.39, 0.29) is 6.42 Å². The van der Waals surface area contributed by atoms with Crippen molar-refractivity contribution < 1.29 is 9.90 Å². The molecule has 0 spiro atoms. The molecule has 142 valence electrons. The van der Waals surface area contributed by atoms with Crippen molar-refractivity contribution in [1.29, 1.82) is 0 Å². The zero-order valence-corrected chi connectivity index (χ0v) is 16.2. The molecule has 2 nitrogen and oxygen atoms in total. The highest BCUT2D eigenvalue weighted by Crippen LogP contribution is 2.41. The smallest absolute Gasteiger partial charge is 0.303 e. The molecule has 0 aliphatic heterocycles. The third-order valence-electron chi connectivity index (χ3n) is 4.94. The van der Waals surface area contributed by atoms with Crippen LogP contribution in [0.15, 0.2) is 36.5 Å². The number of aliphatic carboxylic acids is 1. The maximum absolute atomic E-state index is 10.4. The third-order valence-corrected chi connectivity index (χ3v) is 4.94. The average molecular weight is 347 g/mol. The fraction of sp³-hybridized carbons (Fsp3) is 0.696.